The van der Waals surface area contributed by atoms with Gasteiger partial charge in [0.15, 0.2) is 0 Å². The topological polar surface area (TPSA) is 57.4 Å². The van der Waals surface area contributed by atoms with Gasteiger partial charge >= 0.3 is 0 Å². The lowest BCUT2D eigenvalue weighted by Crippen LogP contribution is -2.28. The molecule has 0 amide bonds. The highest BCUT2D eigenvalue weighted by Crippen LogP contribution is 2.32. The zero-order chi connectivity index (χ0) is 14.5. The number of nitrogens with two attached hydrogens (primary N) is 1. The molecule has 1 aromatic rings. The van der Waals surface area contributed by atoms with Gasteiger partial charge in [0.05, 0.1) is 12.3 Å². The average Bonchev–Trinajstić information content (AvgIpc) is 2.38. The van der Waals surface area contributed by atoms with Crippen molar-refractivity contribution < 1.29 is 9.47 Å². The smallest absolute Gasteiger partial charge is 0.240 e. The Morgan fingerprint density at radius 3 is 2.55 bits per heavy atom. The van der Waals surface area contributed by atoms with Crippen LogP contribution < -0.4 is 15.2 Å². The van der Waals surface area contributed by atoms with Crippen molar-refractivity contribution in [3.63, 3.8) is 0 Å². The summed E-state index contributed by atoms with van der Waals surface area (Å²) in [6, 6.07) is 3.64. The number of ether oxygens (including phenoxy) is 2. The molecule has 4 nitrogen and oxygen atoms in total. The van der Waals surface area contributed by atoms with Crippen LogP contribution in [0, 0.1) is 11.8 Å². The molecule has 4 heteroatoms. The van der Waals surface area contributed by atoms with Crippen molar-refractivity contribution in [2.45, 2.75) is 52.6 Å². The molecule has 1 fully saturated rings. The molecular formula is C16H26N2O2. The van der Waals surface area contributed by atoms with Crippen molar-refractivity contribution >= 4 is 5.69 Å². The lowest BCUT2D eigenvalue weighted by Gasteiger charge is -2.31. The Morgan fingerprint density at radius 1 is 1.20 bits per heavy atom. The van der Waals surface area contributed by atoms with Gasteiger partial charge in [0.25, 0.3) is 0 Å². The van der Waals surface area contributed by atoms with Crippen LogP contribution in [0.15, 0.2) is 12.1 Å². The molecule has 0 aliphatic heterocycles. The van der Waals surface area contributed by atoms with Gasteiger partial charge in [-0.05, 0) is 43.6 Å². The molecule has 0 saturated heterocycles. The quantitative estimate of drug-likeness (QED) is 0.893. The second kappa shape index (κ2) is 6.82. The summed E-state index contributed by atoms with van der Waals surface area (Å²) in [6.07, 6.45) is 4.68. The fourth-order valence-corrected chi connectivity index (χ4v) is 2.95. The van der Waals surface area contributed by atoms with Crippen molar-refractivity contribution in [1.82, 2.24) is 4.98 Å². The number of anilines is 1. The fraction of sp³-hybridized carbons (Fsp3) is 0.688. The first-order valence-electron chi connectivity index (χ1n) is 7.64. The molecule has 0 aromatic carbocycles. The molecule has 2 unspecified atom stereocenters. The van der Waals surface area contributed by atoms with Crippen LogP contribution >= 0.6 is 0 Å². The Morgan fingerprint density at radius 2 is 1.90 bits per heavy atom. The van der Waals surface area contributed by atoms with Crippen LogP contribution in [-0.4, -0.2) is 17.7 Å². The largest absolute Gasteiger partial charge is 0.476 e. The van der Waals surface area contributed by atoms with E-state index < -0.39 is 0 Å². The molecule has 2 atom stereocenters. The Balaban J connectivity index is 2.01. The van der Waals surface area contributed by atoms with Gasteiger partial charge in [0.1, 0.15) is 6.10 Å². The molecular weight excluding hydrogens is 252 g/mol. The van der Waals surface area contributed by atoms with Gasteiger partial charge in [-0.2, -0.15) is 4.98 Å². The first-order valence-corrected chi connectivity index (χ1v) is 7.64. The number of pyridine rings is 1. The number of hydrogen-bond donors (Lipinski definition) is 1. The highest BCUT2D eigenvalue weighted by molar-refractivity contribution is 5.49. The molecule has 1 aliphatic carbocycles. The van der Waals surface area contributed by atoms with E-state index in [1.807, 2.05) is 12.1 Å². The number of aromatic nitrogens is 1. The third kappa shape index (κ3) is 4.02. The van der Waals surface area contributed by atoms with E-state index in [0.29, 0.717) is 35.9 Å². The molecule has 2 N–H and O–H groups in total. The van der Waals surface area contributed by atoms with Gasteiger partial charge < -0.3 is 15.2 Å². The molecule has 0 bridgehead atoms. The minimum atomic E-state index is 0.254. The van der Waals surface area contributed by atoms with Crippen molar-refractivity contribution in [2.75, 3.05) is 12.3 Å². The molecule has 1 saturated carbocycles. The van der Waals surface area contributed by atoms with Crippen LogP contribution in [-0.2, 0) is 0 Å². The molecule has 112 valence electrons. The van der Waals surface area contributed by atoms with Crippen LogP contribution in [0.25, 0.3) is 0 Å². The van der Waals surface area contributed by atoms with E-state index in [-0.39, 0.29) is 6.10 Å². The van der Waals surface area contributed by atoms with Crippen LogP contribution in [0.3, 0.4) is 0 Å². The third-order valence-corrected chi connectivity index (χ3v) is 3.73. The summed E-state index contributed by atoms with van der Waals surface area (Å²) in [5.41, 5.74) is 6.43. The van der Waals surface area contributed by atoms with Gasteiger partial charge in [-0.25, -0.2) is 0 Å². The van der Waals surface area contributed by atoms with Gasteiger partial charge in [0.2, 0.25) is 11.8 Å². The average molecular weight is 278 g/mol. The normalized spacial score (nSPS) is 26.2. The van der Waals surface area contributed by atoms with Crippen LogP contribution in [0.5, 0.6) is 11.8 Å². The van der Waals surface area contributed by atoms with Crippen molar-refractivity contribution in [3.8, 4) is 11.8 Å². The van der Waals surface area contributed by atoms with Crippen molar-refractivity contribution in [3.05, 3.63) is 12.1 Å². The highest BCUT2D eigenvalue weighted by atomic mass is 16.5. The predicted molar refractivity (Wildman–Crippen MR) is 81.0 cm³/mol. The lowest BCUT2D eigenvalue weighted by atomic mass is 9.82. The molecule has 0 radical (unpaired) electrons. The molecule has 0 spiro atoms. The maximum absolute atomic E-state index is 6.03. The van der Waals surface area contributed by atoms with Gasteiger partial charge in [0, 0.05) is 6.07 Å². The zero-order valence-electron chi connectivity index (χ0n) is 12.8. The van der Waals surface area contributed by atoms with E-state index in [0.717, 1.165) is 19.3 Å². The maximum Gasteiger partial charge on any atom is 0.240 e. The van der Waals surface area contributed by atoms with E-state index in [4.69, 9.17) is 15.2 Å². The van der Waals surface area contributed by atoms with Crippen molar-refractivity contribution in [2.24, 2.45) is 11.8 Å². The number of rotatable bonds is 5. The monoisotopic (exact) mass is 278 g/mol. The lowest BCUT2D eigenvalue weighted by molar-refractivity contribution is 0.0959. The SMILES string of the molecule is CCCOc1nc(OC2CC(C)CC(C)C2)ccc1N. The Kier molecular flexibility index (Phi) is 5.10. The number of hydrogen-bond acceptors (Lipinski definition) is 4. The van der Waals surface area contributed by atoms with E-state index in [2.05, 4.69) is 25.8 Å². The van der Waals surface area contributed by atoms with Crippen LogP contribution in [0.4, 0.5) is 5.69 Å². The van der Waals surface area contributed by atoms with Gasteiger partial charge in [-0.15, -0.1) is 0 Å². The van der Waals surface area contributed by atoms with Crippen LogP contribution in [0.2, 0.25) is 0 Å². The predicted octanol–water partition coefficient (Wildman–Crippen LogP) is 3.66. The summed E-state index contributed by atoms with van der Waals surface area (Å²) >= 11 is 0. The minimum Gasteiger partial charge on any atom is -0.476 e. The highest BCUT2D eigenvalue weighted by Gasteiger charge is 2.25. The molecule has 1 aliphatic rings. The summed E-state index contributed by atoms with van der Waals surface area (Å²) in [7, 11) is 0. The van der Waals surface area contributed by atoms with E-state index in [1.165, 1.54) is 6.42 Å². The van der Waals surface area contributed by atoms with E-state index in [9.17, 15) is 0 Å². The van der Waals surface area contributed by atoms with Crippen LogP contribution in [0.1, 0.15) is 46.5 Å². The molecule has 1 heterocycles. The summed E-state index contributed by atoms with van der Waals surface area (Å²) in [4.78, 5) is 4.38. The second-order valence-corrected chi connectivity index (χ2v) is 6.05. The van der Waals surface area contributed by atoms with E-state index in [1.54, 1.807) is 0 Å². The summed E-state index contributed by atoms with van der Waals surface area (Å²) in [5, 5.41) is 0. The standard InChI is InChI=1S/C16H26N2O2/c1-4-7-19-16-14(17)5-6-15(18-16)20-13-9-11(2)8-12(3)10-13/h5-6,11-13H,4,7-10,17H2,1-3H3. The Hall–Kier alpha value is -1.45. The molecule has 2 rings (SSSR count). The van der Waals surface area contributed by atoms with E-state index >= 15 is 0 Å². The Labute approximate surface area is 121 Å². The van der Waals surface area contributed by atoms with Gasteiger partial charge in [-0.3, -0.25) is 0 Å². The molecule has 1 aromatic heterocycles. The summed E-state index contributed by atoms with van der Waals surface area (Å²) < 4.78 is 11.6. The maximum atomic E-state index is 6.03. The summed E-state index contributed by atoms with van der Waals surface area (Å²) in [5.74, 6) is 2.54. The summed E-state index contributed by atoms with van der Waals surface area (Å²) in [6.45, 7) is 7.26. The van der Waals surface area contributed by atoms with Gasteiger partial charge in [-0.1, -0.05) is 20.8 Å². The zero-order valence-corrected chi connectivity index (χ0v) is 12.8. The Bertz CT molecular complexity index is 426. The number of nitrogens with zero attached hydrogens (tertiary/aromatic N) is 1. The third-order valence-electron chi connectivity index (χ3n) is 3.73. The fourth-order valence-electron chi connectivity index (χ4n) is 2.95. The minimum absolute atomic E-state index is 0.254. The van der Waals surface area contributed by atoms with Crippen molar-refractivity contribution in [1.29, 1.82) is 0 Å². The number of nitrogen functional groups attached to an aromatic ring is 1. The second-order valence-electron chi connectivity index (χ2n) is 6.05. The first kappa shape index (κ1) is 14.9. The first-order chi connectivity index (χ1) is 9.58. The molecule has 20 heavy (non-hydrogen) atoms.